The Morgan fingerprint density at radius 3 is 2.43 bits per heavy atom. The van der Waals surface area contributed by atoms with E-state index in [0.717, 1.165) is 11.0 Å². The number of terminal acetylenes is 1. The lowest BCUT2D eigenvalue weighted by Crippen LogP contribution is -2.36. The molecule has 1 aromatic rings. The first-order valence-electron chi connectivity index (χ1n) is 4.51. The van der Waals surface area contributed by atoms with E-state index in [9.17, 15) is 0 Å². The molecule has 0 fully saturated rings. The zero-order chi connectivity index (χ0) is 10.6. The van der Waals surface area contributed by atoms with E-state index in [4.69, 9.17) is 6.42 Å². The molecular formula is C12H14BrN. The Morgan fingerprint density at radius 1 is 1.36 bits per heavy atom. The van der Waals surface area contributed by atoms with Crippen LogP contribution in [0.5, 0.6) is 0 Å². The molecule has 0 bridgehead atoms. The molecule has 14 heavy (non-hydrogen) atoms. The summed E-state index contributed by atoms with van der Waals surface area (Å²) in [7, 11) is 0. The molecule has 1 nitrogen and oxygen atoms in total. The summed E-state index contributed by atoms with van der Waals surface area (Å²) in [4.78, 5) is 0. The highest BCUT2D eigenvalue weighted by Crippen LogP contribution is 2.11. The molecule has 0 radical (unpaired) electrons. The first kappa shape index (κ1) is 11.3. The van der Waals surface area contributed by atoms with Gasteiger partial charge in [-0.3, -0.25) is 5.32 Å². The zero-order valence-electron chi connectivity index (χ0n) is 8.47. The van der Waals surface area contributed by atoms with Crippen molar-refractivity contribution in [1.29, 1.82) is 0 Å². The van der Waals surface area contributed by atoms with Gasteiger partial charge in [0, 0.05) is 11.0 Å². The van der Waals surface area contributed by atoms with Crippen LogP contribution in [0.4, 0.5) is 0 Å². The monoisotopic (exact) mass is 251 g/mol. The van der Waals surface area contributed by atoms with Crippen LogP contribution in [0, 0.1) is 12.3 Å². The molecule has 0 spiro atoms. The van der Waals surface area contributed by atoms with Gasteiger partial charge in [0.2, 0.25) is 0 Å². The number of nitrogens with one attached hydrogen (secondary N) is 1. The molecule has 0 aromatic heterocycles. The summed E-state index contributed by atoms with van der Waals surface area (Å²) in [6, 6.07) is 8.20. The molecule has 0 aliphatic heterocycles. The minimum absolute atomic E-state index is 0.243. The van der Waals surface area contributed by atoms with Crippen molar-refractivity contribution in [3.05, 3.63) is 34.3 Å². The van der Waals surface area contributed by atoms with Crippen LogP contribution in [0.3, 0.4) is 0 Å². The Kier molecular flexibility index (Phi) is 3.74. The zero-order valence-corrected chi connectivity index (χ0v) is 10.1. The predicted octanol–water partition coefficient (Wildman–Crippen LogP) is 2.95. The minimum atomic E-state index is -0.243. The molecule has 0 aliphatic carbocycles. The Hall–Kier alpha value is -0.780. The van der Waals surface area contributed by atoms with E-state index in [1.54, 1.807) is 0 Å². The van der Waals surface area contributed by atoms with Crippen molar-refractivity contribution in [3.8, 4) is 12.3 Å². The van der Waals surface area contributed by atoms with E-state index >= 15 is 0 Å². The van der Waals surface area contributed by atoms with Crippen LogP contribution in [0.25, 0.3) is 0 Å². The lowest BCUT2D eigenvalue weighted by Gasteiger charge is -2.19. The molecule has 1 rings (SSSR count). The summed E-state index contributed by atoms with van der Waals surface area (Å²) in [5.41, 5.74) is 0.990. The quantitative estimate of drug-likeness (QED) is 0.815. The predicted molar refractivity (Wildman–Crippen MR) is 63.9 cm³/mol. The number of rotatable bonds is 3. The van der Waals surface area contributed by atoms with Gasteiger partial charge in [-0.25, -0.2) is 0 Å². The Balaban J connectivity index is 2.55. The third-order valence-corrected chi connectivity index (χ3v) is 2.54. The van der Waals surface area contributed by atoms with Crippen molar-refractivity contribution in [1.82, 2.24) is 5.32 Å². The lowest BCUT2D eigenvalue weighted by atomic mass is 10.1. The van der Waals surface area contributed by atoms with Crippen LogP contribution in [0.1, 0.15) is 19.4 Å². The summed E-state index contributed by atoms with van der Waals surface area (Å²) in [5, 5.41) is 3.29. The van der Waals surface area contributed by atoms with Gasteiger partial charge in [-0.2, -0.15) is 0 Å². The van der Waals surface area contributed by atoms with Gasteiger partial charge in [-0.1, -0.05) is 34.0 Å². The normalized spacial score (nSPS) is 11.0. The van der Waals surface area contributed by atoms with Crippen molar-refractivity contribution >= 4 is 15.9 Å². The minimum Gasteiger partial charge on any atom is -0.298 e. The van der Waals surface area contributed by atoms with Gasteiger partial charge in [0.05, 0.1) is 5.54 Å². The third kappa shape index (κ3) is 3.53. The van der Waals surface area contributed by atoms with Gasteiger partial charge < -0.3 is 0 Å². The van der Waals surface area contributed by atoms with Gasteiger partial charge in [-0.05, 0) is 31.5 Å². The van der Waals surface area contributed by atoms with E-state index in [0.29, 0.717) is 0 Å². The molecule has 0 aliphatic rings. The van der Waals surface area contributed by atoms with Crippen molar-refractivity contribution in [2.45, 2.75) is 25.9 Å². The maximum atomic E-state index is 5.37. The molecule has 0 unspecified atom stereocenters. The van der Waals surface area contributed by atoms with Crippen molar-refractivity contribution in [3.63, 3.8) is 0 Å². The first-order valence-corrected chi connectivity index (χ1v) is 5.30. The Morgan fingerprint density at radius 2 is 1.93 bits per heavy atom. The summed E-state index contributed by atoms with van der Waals surface area (Å²) in [5.74, 6) is 2.70. The standard InChI is InChI=1S/C12H14BrN/c1-4-12(2,3)14-9-10-5-7-11(13)8-6-10/h1,5-8,14H,9H2,2-3H3. The second kappa shape index (κ2) is 4.63. The lowest BCUT2D eigenvalue weighted by molar-refractivity contribution is 0.491. The van der Waals surface area contributed by atoms with Gasteiger partial charge >= 0.3 is 0 Å². The van der Waals surface area contributed by atoms with Gasteiger partial charge in [0.25, 0.3) is 0 Å². The smallest absolute Gasteiger partial charge is 0.0743 e. The van der Waals surface area contributed by atoms with E-state index < -0.39 is 0 Å². The Labute approximate surface area is 94.0 Å². The molecule has 0 amide bonds. The fourth-order valence-electron chi connectivity index (χ4n) is 0.976. The Bertz CT molecular complexity index is 332. The highest BCUT2D eigenvalue weighted by Gasteiger charge is 2.11. The molecular weight excluding hydrogens is 238 g/mol. The molecule has 0 heterocycles. The van der Waals surface area contributed by atoms with Crippen molar-refractivity contribution in [2.24, 2.45) is 0 Å². The van der Waals surface area contributed by atoms with E-state index in [2.05, 4.69) is 39.3 Å². The summed E-state index contributed by atoms with van der Waals surface area (Å²) >= 11 is 3.40. The summed E-state index contributed by atoms with van der Waals surface area (Å²) in [6.45, 7) is 4.78. The fraction of sp³-hybridized carbons (Fsp3) is 0.333. The van der Waals surface area contributed by atoms with Gasteiger partial charge in [0.15, 0.2) is 0 Å². The highest BCUT2D eigenvalue weighted by molar-refractivity contribution is 9.10. The largest absolute Gasteiger partial charge is 0.298 e. The molecule has 2 heteroatoms. The number of hydrogen-bond acceptors (Lipinski definition) is 1. The van der Waals surface area contributed by atoms with E-state index in [1.165, 1.54) is 5.56 Å². The van der Waals surface area contributed by atoms with Gasteiger partial charge in [0.1, 0.15) is 0 Å². The third-order valence-electron chi connectivity index (χ3n) is 2.01. The molecule has 1 aromatic carbocycles. The highest BCUT2D eigenvalue weighted by atomic mass is 79.9. The molecule has 74 valence electrons. The van der Waals surface area contributed by atoms with E-state index in [-0.39, 0.29) is 5.54 Å². The van der Waals surface area contributed by atoms with Crippen LogP contribution >= 0.6 is 15.9 Å². The van der Waals surface area contributed by atoms with Crippen LogP contribution in [0.15, 0.2) is 28.7 Å². The van der Waals surface area contributed by atoms with Crippen LogP contribution in [0.2, 0.25) is 0 Å². The second-order valence-corrected chi connectivity index (χ2v) is 4.67. The SMILES string of the molecule is C#CC(C)(C)NCc1ccc(Br)cc1. The molecule has 0 atom stereocenters. The summed E-state index contributed by atoms with van der Waals surface area (Å²) < 4.78 is 1.09. The average Bonchev–Trinajstić information content (AvgIpc) is 2.17. The second-order valence-electron chi connectivity index (χ2n) is 3.75. The van der Waals surface area contributed by atoms with E-state index in [1.807, 2.05) is 26.0 Å². The maximum absolute atomic E-state index is 5.37. The topological polar surface area (TPSA) is 12.0 Å². The van der Waals surface area contributed by atoms with Crippen molar-refractivity contribution < 1.29 is 0 Å². The van der Waals surface area contributed by atoms with Crippen LogP contribution in [-0.4, -0.2) is 5.54 Å². The molecule has 0 saturated heterocycles. The fourth-order valence-corrected chi connectivity index (χ4v) is 1.24. The first-order chi connectivity index (χ1) is 6.53. The number of halogens is 1. The van der Waals surface area contributed by atoms with Crippen LogP contribution < -0.4 is 5.32 Å². The molecule has 1 N–H and O–H groups in total. The maximum Gasteiger partial charge on any atom is 0.0743 e. The number of benzene rings is 1. The summed E-state index contributed by atoms with van der Waals surface area (Å²) in [6.07, 6.45) is 5.37. The average molecular weight is 252 g/mol. The molecule has 0 saturated carbocycles. The van der Waals surface area contributed by atoms with Crippen LogP contribution in [-0.2, 0) is 6.54 Å². The van der Waals surface area contributed by atoms with Gasteiger partial charge in [-0.15, -0.1) is 6.42 Å². The van der Waals surface area contributed by atoms with Crippen molar-refractivity contribution in [2.75, 3.05) is 0 Å². The number of hydrogen-bond donors (Lipinski definition) is 1.